The van der Waals surface area contributed by atoms with Crippen molar-refractivity contribution in [1.29, 1.82) is 0 Å². The standard InChI is InChI=1S/C16H17ClN2O/c17-14-8-6-12(7-9-14)11-19-16(20)10-15(18)13-4-2-1-3-5-13/h1-9,15H,10-11,18H2,(H,19,20). The Balaban J connectivity index is 1.82. The molecular weight excluding hydrogens is 272 g/mol. The van der Waals surface area contributed by atoms with Crippen LogP contribution in [0, 0.1) is 0 Å². The number of carbonyl (C=O) groups is 1. The molecule has 0 aromatic heterocycles. The van der Waals surface area contributed by atoms with E-state index in [4.69, 9.17) is 17.3 Å². The molecule has 0 bridgehead atoms. The van der Waals surface area contributed by atoms with Gasteiger partial charge in [0.05, 0.1) is 0 Å². The minimum absolute atomic E-state index is 0.0590. The molecule has 0 radical (unpaired) electrons. The third-order valence-electron chi connectivity index (χ3n) is 3.04. The van der Waals surface area contributed by atoms with E-state index in [1.165, 1.54) is 0 Å². The van der Waals surface area contributed by atoms with E-state index in [-0.39, 0.29) is 18.4 Å². The fourth-order valence-electron chi connectivity index (χ4n) is 1.89. The molecule has 1 unspecified atom stereocenters. The Morgan fingerprint density at radius 1 is 1.10 bits per heavy atom. The molecule has 0 heterocycles. The molecule has 0 aliphatic carbocycles. The molecule has 0 fully saturated rings. The fraction of sp³-hybridized carbons (Fsp3) is 0.188. The normalized spacial score (nSPS) is 11.9. The van der Waals surface area contributed by atoms with Crippen LogP contribution in [0.1, 0.15) is 23.6 Å². The van der Waals surface area contributed by atoms with Crippen molar-refractivity contribution in [2.75, 3.05) is 0 Å². The average Bonchev–Trinajstić information content (AvgIpc) is 2.47. The van der Waals surface area contributed by atoms with E-state index in [0.29, 0.717) is 11.6 Å². The molecule has 3 nitrogen and oxygen atoms in total. The Morgan fingerprint density at radius 3 is 2.40 bits per heavy atom. The van der Waals surface area contributed by atoms with Gasteiger partial charge in [-0.3, -0.25) is 4.79 Å². The van der Waals surface area contributed by atoms with Crippen molar-refractivity contribution in [2.45, 2.75) is 19.0 Å². The maximum atomic E-state index is 11.8. The van der Waals surface area contributed by atoms with Gasteiger partial charge in [0, 0.05) is 24.0 Å². The van der Waals surface area contributed by atoms with Crippen LogP contribution in [0.2, 0.25) is 5.02 Å². The zero-order valence-corrected chi connectivity index (χ0v) is 11.8. The van der Waals surface area contributed by atoms with E-state index in [9.17, 15) is 4.79 Å². The van der Waals surface area contributed by atoms with Gasteiger partial charge in [-0.2, -0.15) is 0 Å². The van der Waals surface area contributed by atoms with Crippen molar-refractivity contribution in [2.24, 2.45) is 5.73 Å². The minimum Gasteiger partial charge on any atom is -0.352 e. The Bertz CT molecular complexity index is 554. The Kier molecular flexibility index (Phi) is 5.16. The number of rotatable bonds is 5. The second-order valence-corrected chi connectivity index (χ2v) is 5.06. The number of hydrogen-bond acceptors (Lipinski definition) is 2. The summed E-state index contributed by atoms with van der Waals surface area (Å²) in [6, 6.07) is 16.7. The van der Waals surface area contributed by atoms with Gasteiger partial charge in [-0.1, -0.05) is 54.1 Å². The van der Waals surface area contributed by atoms with Gasteiger partial charge >= 0.3 is 0 Å². The molecule has 4 heteroatoms. The summed E-state index contributed by atoms with van der Waals surface area (Å²) in [5.74, 6) is -0.0590. The lowest BCUT2D eigenvalue weighted by Gasteiger charge is -2.12. The van der Waals surface area contributed by atoms with Gasteiger partial charge in [0.25, 0.3) is 0 Å². The first-order valence-corrected chi connectivity index (χ1v) is 6.84. The van der Waals surface area contributed by atoms with Crippen molar-refractivity contribution < 1.29 is 4.79 Å². The van der Waals surface area contributed by atoms with Gasteiger partial charge in [0.2, 0.25) is 5.91 Å². The van der Waals surface area contributed by atoms with Crippen LogP contribution >= 0.6 is 11.6 Å². The van der Waals surface area contributed by atoms with Gasteiger partial charge in [0.15, 0.2) is 0 Å². The molecule has 2 aromatic rings. The zero-order chi connectivity index (χ0) is 14.4. The van der Waals surface area contributed by atoms with Gasteiger partial charge in [0.1, 0.15) is 0 Å². The molecule has 3 N–H and O–H groups in total. The van der Waals surface area contributed by atoms with Gasteiger partial charge in [-0.05, 0) is 23.3 Å². The molecule has 2 rings (SSSR count). The third-order valence-corrected chi connectivity index (χ3v) is 3.29. The SMILES string of the molecule is NC(CC(=O)NCc1ccc(Cl)cc1)c1ccccc1. The number of nitrogens with two attached hydrogens (primary N) is 1. The summed E-state index contributed by atoms with van der Waals surface area (Å²) in [6.45, 7) is 0.484. The highest BCUT2D eigenvalue weighted by Gasteiger charge is 2.10. The molecule has 1 atom stereocenters. The number of halogens is 1. The van der Waals surface area contributed by atoms with Crippen molar-refractivity contribution in [3.63, 3.8) is 0 Å². The van der Waals surface area contributed by atoms with E-state index in [2.05, 4.69) is 5.32 Å². The van der Waals surface area contributed by atoms with Crippen LogP contribution in [0.15, 0.2) is 54.6 Å². The predicted octanol–water partition coefficient (Wildman–Crippen LogP) is 3.05. The highest BCUT2D eigenvalue weighted by molar-refractivity contribution is 6.30. The average molecular weight is 289 g/mol. The highest BCUT2D eigenvalue weighted by Crippen LogP contribution is 2.13. The molecule has 20 heavy (non-hydrogen) atoms. The first-order valence-electron chi connectivity index (χ1n) is 6.47. The molecule has 2 aromatic carbocycles. The molecule has 0 aliphatic heterocycles. The lowest BCUT2D eigenvalue weighted by molar-refractivity contribution is -0.121. The number of nitrogens with one attached hydrogen (secondary N) is 1. The lowest BCUT2D eigenvalue weighted by atomic mass is 10.0. The molecule has 0 saturated heterocycles. The monoisotopic (exact) mass is 288 g/mol. The van der Waals surface area contributed by atoms with E-state index < -0.39 is 0 Å². The van der Waals surface area contributed by atoms with Crippen molar-refractivity contribution >= 4 is 17.5 Å². The second kappa shape index (κ2) is 7.08. The van der Waals surface area contributed by atoms with Crippen LogP contribution in [-0.2, 0) is 11.3 Å². The first kappa shape index (κ1) is 14.6. The largest absolute Gasteiger partial charge is 0.352 e. The van der Waals surface area contributed by atoms with Crippen molar-refractivity contribution in [3.05, 3.63) is 70.7 Å². The molecule has 0 aliphatic rings. The van der Waals surface area contributed by atoms with Crippen LogP contribution in [0.3, 0.4) is 0 Å². The summed E-state index contributed by atoms with van der Waals surface area (Å²) < 4.78 is 0. The Labute approximate surface area is 123 Å². The van der Waals surface area contributed by atoms with Crippen molar-refractivity contribution in [3.8, 4) is 0 Å². The van der Waals surface area contributed by atoms with Crippen LogP contribution in [0.25, 0.3) is 0 Å². The maximum Gasteiger partial charge on any atom is 0.222 e. The van der Waals surface area contributed by atoms with Gasteiger partial charge < -0.3 is 11.1 Å². The summed E-state index contributed by atoms with van der Waals surface area (Å²) in [5, 5.41) is 3.54. The molecule has 0 spiro atoms. The summed E-state index contributed by atoms with van der Waals surface area (Å²) in [7, 11) is 0. The van der Waals surface area contributed by atoms with E-state index in [0.717, 1.165) is 11.1 Å². The third kappa shape index (κ3) is 4.37. The summed E-state index contributed by atoms with van der Waals surface area (Å²) >= 11 is 5.81. The van der Waals surface area contributed by atoms with Crippen LogP contribution in [0.5, 0.6) is 0 Å². The second-order valence-electron chi connectivity index (χ2n) is 4.62. The highest BCUT2D eigenvalue weighted by atomic mass is 35.5. The van der Waals surface area contributed by atoms with E-state index in [1.54, 1.807) is 12.1 Å². The zero-order valence-electron chi connectivity index (χ0n) is 11.1. The number of carbonyl (C=O) groups excluding carboxylic acids is 1. The van der Waals surface area contributed by atoms with Gasteiger partial charge in [-0.25, -0.2) is 0 Å². The molecule has 1 amide bonds. The number of benzene rings is 2. The molecule has 0 saturated carbocycles. The lowest BCUT2D eigenvalue weighted by Crippen LogP contribution is -2.27. The van der Waals surface area contributed by atoms with Crippen LogP contribution in [-0.4, -0.2) is 5.91 Å². The number of hydrogen-bond donors (Lipinski definition) is 2. The Hall–Kier alpha value is -1.84. The van der Waals surface area contributed by atoms with Crippen LogP contribution < -0.4 is 11.1 Å². The number of amides is 1. The van der Waals surface area contributed by atoms with E-state index in [1.807, 2.05) is 42.5 Å². The van der Waals surface area contributed by atoms with E-state index >= 15 is 0 Å². The minimum atomic E-state index is -0.276. The summed E-state index contributed by atoms with van der Waals surface area (Å²) in [5.41, 5.74) is 7.98. The predicted molar refractivity (Wildman–Crippen MR) is 81.3 cm³/mol. The molecule has 104 valence electrons. The molecular formula is C16H17ClN2O. The Morgan fingerprint density at radius 2 is 1.75 bits per heavy atom. The summed E-state index contributed by atoms with van der Waals surface area (Å²) in [4.78, 5) is 11.8. The summed E-state index contributed by atoms with van der Waals surface area (Å²) in [6.07, 6.45) is 0.275. The van der Waals surface area contributed by atoms with Crippen LogP contribution in [0.4, 0.5) is 0 Å². The van der Waals surface area contributed by atoms with Gasteiger partial charge in [-0.15, -0.1) is 0 Å². The quantitative estimate of drug-likeness (QED) is 0.888. The first-order chi connectivity index (χ1) is 9.65. The smallest absolute Gasteiger partial charge is 0.222 e. The van der Waals surface area contributed by atoms with Crippen molar-refractivity contribution in [1.82, 2.24) is 5.32 Å². The fourth-order valence-corrected chi connectivity index (χ4v) is 2.02. The topological polar surface area (TPSA) is 55.1 Å². The maximum absolute atomic E-state index is 11.8.